The van der Waals surface area contributed by atoms with Crippen LogP contribution in [-0.2, 0) is 6.42 Å². The Morgan fingerprint density at radius 1 is 1.65 bits per heavy atom. The molecule has 0 saturated carbocycles. The van der Waals surface area contributed by atoms with E-state index in [9.17, 15) is 4.79 Å². The average molecular weight is 256 g/mol. The minimum absolute atomic E-state index is 0.135. The zero-order chi connectivity index (χ0) is 12.8. The molecule has 0 saturated heterocycles. The lowest BCUT2D eigenvalue weighted by atomic mass is 10.2. The quantitative estimate of drug-likeness (QED) is 0.719. The van der Waals surface area contributed by atoms with Crippen molar-refractivity contribution >= 4 is 23.4 Å². The van der Waals surface area contributed by atoms with Gasteiger partial charge < -0.3 is 11.1 Å². The van der Waals surface area contributed by atoms with Crippen LogP contribution >= 0.6 is 11.8 Å². The van der Waals surface area contributed by atoms with E-state index in [0.717, 1.165) is 24.3 Å². The van der Waals surface area contributed by atoms with Gasteiger partial charge in [0.1, 0.15) is 0 Å². The molecule has 1 atom stereocenters. The predicted octanol–water partition coefficient (Wildman–Crippen LogP) is 1.43. The summed E-state index contributed by atoms with van der Waals surface area (Å²) in [5, 5.41) is 9.63. The summed E-state index contributed by atoms with van der Waals surface area (Å²) in [7, 11) is 0. The standard InChI is InChI=1S/C11H20N4OS/c1-4-8-9(12)10(15-14-8)11(16)13-7(2)5-6-17-3/h7H,4-6,12H2,1-3H3,(H,13,16)(H,14,15). The number of H-pyrrole nitrogens is 1. The molecule has 0 aliphatic carbocycles. The second kappa shape index (κ2) is 6.54. The van der Waals surface area contributed by atoms with Gasteiger partial charge >= 0.3 is 0 Å². The van der Waals surface area contributed by atoms with Gasteiger partial charge in [-0.25, -0.2) is 0 Å². The number of hydrogen-bond acceptors (Lipinski definition) is 4. The molecule has 96 valence electrons. The van der Waals surface area contributed by atoms with Crippen molar-refractivity contribution in [3.05, 3.63) is 11.4 Å². The maximum absolute atomic E-state index is 11.9. The van der Waals surface area contributed by atoms with Gasteiger partial charge in [-0.1, -0.05) is 6.92 Å². The van der Waals surface area contributed by atoms with Crippen LogP contribution in [0.5, 0.6) is 0 Å². The second-order valence-corrected chi connectivity index (χ2v) is 4.96. The Kier molecular flexibility index (Phi) is 5.34. The van der Waals surface area contributed by atoms with Crippen molar-refractivity contribution < 1.29 is 4.79 Å². The SMILES string of the molecule is CCc1[nH]nc(C(=O)NC(C)CCSC)c1N. The molecule has 0 aliphatic heterocycles. The zero-order valence-electron chi connectivity index (χ0n) is 10.5. The third kappa shape index (κ3) is 3.66. The molecule has 1 amide bonds. The molecule has 1 rings (SSSR count). The van der Waals surface area contributed by atoms with Gasteiger partial charge in [0.2, 0.25) is 0 Å². The van der Waals surface area contributed by atoms with Gasteiger partial charge in [-0.05, 0) is 31.8 Å². The lowest BCUT2D eigenvalue weighted by Gasteiger charge is -2.12. The molecule has 17 heavy (non-hydrogen) atoms. The Bertz CT molecular complexity index is 378. The number of nitrogens with two attached hydrogens (primary N) is 1. The van der Waals surface area contributed by atoms with Crippen molar-refractivity contribution in [2.45, 2.75) is 32.7 Å². The molecular weight excluding hydrogens is 236 g/mol. The highest BCUT2D eigenvalue weighted by Crippen LogP contribution is 2.14. The number of aromatic amines is 1. The number of hydrogen-bond donors (Lipinski definition) is 3. The smallest absolute Gasteiger partial charge is 0.274 e. The molecule has 0 fully saturated rings. The van der Waals surface area contributed by atoms with Crippen LogP contribution in [0.25, 0.3) is 0 Å². The van der Waals surface area contributed by atoms with E-state index >= 15 is 0 Å². The van der Waals surface area contributed by atoms with Crippen LogP contribution in [0, 0.1) is 0 Å². The van der Waals surface area contributed by atoms with E-state index in [0.29, 0.717) is 11.4 Å². The average Bonchev–Trinajstić information content (AvgIpc) is 2.67. The molecule has 0 bridgehead atoms. The summed E-state index contributed by atoms with van der Waals surface area (Å²) in [5.74, 6) is 0.824. The Morgan fingerprint density at radius 2 is 2.35 bits per heavy atom. The van der Waals surface area contributed by atoms with Gasteiger partial charge in [0, 0.05) is 6.04 Å². The molecule has 6 heteroatoms. The van der Waals surface area contributed by atoms with Crippen LogP contribution in [0.4, 0.5) is 5.69 Å². The van der Waals surface area contributed by atoms with Gasteiger partial charge in [-0.2, -0.15) is 16.9 Å². The van der Waals surface area contributed by atoms with Gasteiger partial charge in [0.05, 0.1) is 11.4 Å². The first kappa shape index (κ1) is 13.9. The Balaban J connectivity index is 2.60. The molecular formula is C11H20N4OS. The van der Waals surface area contributed by atoms with Crippen LogP contribution < -0.4 is 11.1 Å². The van der Waals surface area contributed by atoms with E-state index in [1.54, 1.807) is 11.8 Å². The van der Waals surface area contributed by atoms with Crippen molar-refractivity contribution in [1.29, 1.82) is 0 Å². The van der Waals surface area contributed by atoms with Gasteiger partial charge in [-0.15, -0.1) is 0 Å². The number of thioether (sulfide) groups is 1. The number of amides is 1. The number of nitrogens with one attached hydrogen (secondary N) is 2. The fourth-order valence-corrected chi connectivity index (χ4v) is 2.08. The Labute approximate surface area is 106 Å². The number of anilines is 1. The first-order valence-electron chi connectivity index (χ1n) is 5.72. The molecule has 1 aromatic rings. The fraction of sp³-hybridized carbons (Fsp3) is 0.636. The molecule has 0 aliphatic rings. The molecule has 1 unspecified atom stereocenters. The van der Waals surface area contributed by atoms with E-state index < -0.39 is 0 Å². The van der Waals surface area contributed by atoms with E-state index in [-0.39, 0.29) is 11.9 Å². The van der Waals surface area contributed by atoms with Gasteiger partial charge in [0.15, 0.2) is 5.69 Å². The third-order valence-corrected chi connectivity index (χ3v) is 3.23. The Morgan fingerprint density at radius 3 is 2.88 bits per heavy atom. The number of nitrogen functional groups attached to an aromatic ring is 1. The molecule has 0 radical (unpaired) electrons. The van der Waals surface area contributed by atoms with E-state index in [4.69, 9.17) is 5.73 Å². The topological polar surface area (TPSA) is 83.8 Å². The normalized spacial score (nSPS) is 12.4. The summed E-state index contributed by atoms with van der Waals surface area (Å²) in [5.41, 5.74) is 7.41. The number of rotatable bonds is 6. The maximum Gasteiger partial charge on any atom is 0.274 e. The third-order valence-electron chi connectivity index (χ3n) is 2.58. The predicted molar refractivity (Wildman–Crippen MR) is 72.3 cm³/mol. The lowest BCUT2D eigenvalue weighted by molar-refractivity contribution is 0.0935. The number of aryl methyl sites for hydroxylation is 1. The molecule has 0 aromatic carbocycles. The van der Waals surface area contributed by atoms with Crippen LogP contribution in [0.15, 0.2) is 0 Å². The Hall–Kier alpha value is -1.17. The highest BCUT2D eigenvalue weighted by atomic mass is 32.2. The second-order valence-electron chi connectivity index (χ2n) is 3.97. The summed E-state index contributed by atoms with van der Waals surface area (Å²) >= 11 is 1.77. The molecule has 1 heterocycles. The summed E-state index contributed by atoms with van der Waals surface area (Å²) in [4.78, 5) is 11.9. The number of carbonyl (C=O) groups is 1. The van der Waals surface area contributed by atoms with Crippen molar-refractivity contribution in [2.75, 3.05) is 17.7 Å². The minimum atomic E-state index is -0.202. The summed E-state index contributed by atoms with van der Waals surface area (Å²) in [6.45, 7) is 3.95. The van der Waals surface area contributed by atoms with E-state index in [1.165, 1.54) is 0 Å². The summed E-state index contributed by atoms with van der Waals surface area (Å²) in [6.07, 6.45) is 3.74. The van der Waals surface area contributed by atoms with E-state index in [1.807, 2.05) is 20.1 Å². The van der Waals surface area contributed by atoms with Crippen LogP contribution in [0.2, 0.25) is 0 Å². The van der Waals surface area contributed by atoms with Crippen molar-refractivity contribution in [2.24, 2.45) is 0 Å². The highest BCUT2D eigenvalue weighted by Gasteiger charge is 2.17. The first-order valence-corrected chi connectivity index (χ1v) is 7.12. The first-order chi connectivity index (χ1) is 8.10. The molecule has 1 aromatic heterocycles. The number of aromatic nitrogens is 2. The van der Waals surface area contributed by atoms with Crippen molar-refractivity contribution in [3.63, 3.8) is 0 Å². The summed E-state index contributed by atoms with van der Waals surface area (Å²) in [6, 6.07) is 0.135. The minimum Gasteiger partial charge on any atom is -0.395 e. The highest BCUT2D eigenvalue weighted by molar-refractivity contribution is 7.98. The molecule has 4 N–H and O–H groups in total. The number of carbonyl (C=O) groups excluding carboxylic acids is 1. The largest absolute Gasteiger partial charge is 0.395 e. The van der Waals surface area contributed by atoms with Crippen molar-refractivity contribution in [1.82, 2.24) is 15.5 Å². The van der Waals surface area contributed by atoms with Crippen LogP contribution in [0.1, 0.15) is 36.5 Å². The fourth-order valence-electron chi connectivity index (χ4n) is 1.49. The maximum atomic E-state index is 11.9. The summed E-state index contributed by atoms with van der Waals surface area (Å²) < 4.78 is 0. The molecule has 5 nitrogen and oxygen atoms in total. The molecule has 0 spiro atoms. The van der Waals surface area contributed by atoms with Crippen LogP contribution in [0.3, 0.4) is 0 Å². The monoisotopic (exact) mass is 256 g/mol. The number of nitrogens with zero attached hydrogens (tertiary/aromatic N) is 1. The van der Waals surface area contributed by atoms with Gasteiger partial charge in [0.25, 0.3) is 5.91 Å². The van der Waals surface area contributed by atoms with Crippen molar-refractivity contribution in [3.8, 4) is 0 Å². The van der Waals surface area contributed by atoms with E-state index in [2.05, 4.69) is 15.5 Å². The zero-order valence-corrected chi connectivity index (χ0v) is 11.4. The van der Waals surface area contributed by atoms with Gasteiger partial charge in [-0.3, -0.25) is 9.89 Å². The van der Waals surface area contributed by atoms with Crippen LogP contribution in [-0.4, -0.2) is 34.2 Å². The lowest BCUT2D eigenvalue weighted by Crippen LogP contribution is -2.33.